The minimum atomic E-state index is 0.564. The lowest BCUT2D eigenvalue weighted by Crippen LogP contribution is -1.95. The van der Waals surface area contributed by atoms with Gasteiger partial charge < -0.3 is 5.73 Å². The molecule has 0 saturated heterocycles. The van der Waals surface area contributed by atoms with E-state index in [1.54, 1.807) is 11.3 Å². The average molecular weight is 312 g/mol. The average Bonchev–Trinajstić information content (AvgIpc) is 3.03. The molecule has 0 radical (unpaired) electrons. The van der Waals surface area contributed by atoms with Gasteiger partial charge in [0.25, 0.3) is 0 Å². The maximum absolute atomic E-state index is 5.69. The highest BCUT2D eigenvalue weighted by molar-refractivity contribution is 7.98. The molecule has 0 amide bonds. The van der Waals surface area contributed by atoms with Crippen LogP contribution in [0.15, 0.2) is 64.9 Å². The van der Waals surface area contributed by atoms with E-state index in [4.69, 9.17) is 10.7 Å². The molecule has 0 atom stereocenters. The first-order chi connectivity index (χ1) is 10.3. The van der Waals surface area contributed by atoms with Crippen LogP contribution in [0, 0.1) is 0 Å². The Labute approximate surface area is 133 Å². The van der Waals surface area contributed by atoms with Crippen molar-refractivity contribution in [3.8, 4) is 11.3 Å². The van der Waals surface area contributed by atoms with Crippen molar-refractivity contribution in [3.05, 3.63) is 70.5 Å². The lowest BCUT2D eigenvalue weighted by molar-refractivity contribution is 1.07. The van der Waals surface area contributed by atoms with Crippen molar-refractivity contribution < 1.29 is 0 Å². The van der Waals surface area contributed by atoms with Crippen LogP contribution in [0.2, 0.25) is 0 Å². The molecule has 0 aliphatic heterocycles. The second kappa shape index (κ2) is 6.89. The van der Waals surface area contributed by atoms with E-state index in [9.17, 15) is 0 Å². The fourth-order valence-corrected chi connectivity index (χ4v) is 3.77. The monoisotopic (exact) mass is 312 g/mol. The van der Waals surface area contributed by atoms with Crippen LogP contribution >= 0.6 is 23.1 Å². The van der Waals surface area contributed by atoms with Crippen molar-refractivity contribution >= 4 is 23.1 Å². The van der Waals surface area contributed by atoms with Crippen LogP contribution in [-0.2, 0) is 12.3 Å². The van der Waals surface area contributed by atoms with Crippen molar-refractivity contribution in [1.82, 2.24) is 4.98 Å². The van der Waals surface area contributed by atoms with Crippen LogP contribution in [0.3, 0.4) is 0 Å². The number of benzene rings is 2. The van der Waals surface area contributed by atoms with Gasteiger partial charge in [-0.15, -0.1) is 23.1 Å². The number of aromatic nitrogens is 1. The van der Waals surface area contributed by atoms with Gasteiger partial charge in [-0.25, -0.2) is 4.98 Å². The third-order valence-electron chi connectivity index (χ3n) is 3.12. The molecular formula is C17H16N2S2. The standard InChI is InChI=1S/C17H16N2S2/c18-10-13-5-4-6-14(9-13)16-11-21-17(19-16)12-20-15-7-2-1-3-8-15/h1-9,11H,10,12,18H2. The van der Waals surface area contributed by atoms with Gasteiger partial charge in [-0.1, -0.05) is 36.4 Å². The van der Waals surface area contributed by atoms with Gasteiger partial charge in [-0.05, 0) is 23.8 Å². The molecule has 0 aliphatic carbocycles. The Morgan fingerprint density at radius 1 is 1.05 bits per heavy atom. The van der Waals surface area contributed by atoms with E-state index >= 15 is 0 Å². The van der Waals surface area contributed by atoms with Crippen LogP contribution in [0.1, 0.15) is 10.6 Å². The highest BCUT2D eigenvalue weighted by Gasteiger charge is 2.05. The predicted octanol–water partition coefficient (Wildman–Crippen LogP) is 4.56. The van der Waals surface area contributed by atoms with Gasteiger partial charge in [0.2, 0.25) is 0 Å². The molecule has 106 valence electrons. The molecule has 3 rings (SSSR count). The van der Waals surface area contributed by atoms with E-state index in [1.807, 2.05) is 30.0 Å². The number of nitrogens with zero attached hydrogens (tertiary/aromatic N) is 1. The Hall–Kier alpha value is -1.62. The van der Waals surface area contributed by atoms with Crippen LogP contribution in [0.25, 0.3) is 11.3 Å². The molecule has 1 aromatic heterocycles. The molecule has 2 nitrogen and oxygen atoms in total. The van der Waals surface area contributed by atoms with E-state index in [1.165, 1.54) is 4.90 Å². The fraction of sp³-hybridized carbons (Fsp3) is 0.118. The summed E-state index contributed by atoms with van der Waals surface area (Å²) in [5.74, 6) is 0.908. The molecule has 21 heavy (non-hydrogen) atoms. The van der Waals surface area contributed by atoms with Crippen LogP contribution in [0.5, 0.6) is 0 Å². The summed E-state index contributed by atoms with van der Waals surface area (Å²) in [5, 5.41) is 3.27. The SMILES string of the molecule is NCc1cccc(-c2csc(CSc3ccccc3)n2)c1. The number of thiazole rings is 1. The summed E-state index contributed by atoms with van der Waals surface area (Å²) in [7, 11) is 0. The Morgan fingerprint density at radius 2 is 1.90 bits per heavy atom. The van der Waals surface area contributed by atoms with Gasteiger partial charge in [0.05, 0.1) is 11.4 Å². The Balaban J connectivity index is 1.71. The number of rotatable bonds is 5. The second-order valence-corrected chi connectivity index (χ2v) is 6.62. The third-order valence-corrected chi connectivity index (χ3v) is 5.17. The molecule has 0 spiro atoms. The van der Waals surface area contributed by atoms with Crippen molar-refractivity contribution in [2.24, 2.45) is 5.73 Å². The molecule has 1 heterocycles. The second-order valence-electron chi connectivity index (χ2n) is 4.63. The van der Waals surface area contributed by atoms with E-state index in [2.05, 4.69) is 41.8 Å². The predicted molar refractivity (Wildman–Crippen MR) is 91.4 cm³/mol. The third kappa shape index (κ3) is 3.73. The number of hydrogen-bond acceptors (Lipinski definition) is 4. The van der Waals surface area contributed by atoms with Crippen LogP contribution in [-0.4, -0.2) is 4.98 Å². The molecule has 0 saturated carbocycles. The molecule has 0 unspecified atom stereocenters. The van der Waals surface area contributed by atoms with Crippen molar-refractivity contribution in [2.45, 2.75) is 17.2 Å². The molecule has 0 fully saturated rings. The van der Waals surface area contributed by atoms with Crippen molar-refractivity contribution in [3.63, 3.8) is 0 Å². The number of hydrogen-bond donors (Lipinski definition) is 1. The van der Waals surface area contributed by atoms with Crippen LogP contribution in [0.4, 0.5) is 0 Å². The zero-order valence-electron chi connectivity index (χ0n) is 11.5. The van der Waals surface area contributed by atoms with E-state index in [-0.39, 0.29) is 0 Å². The summed E-state index contributed by atoms with van der Waals surface area (Å²) in [6.45, 7) is 0.564. The molecule has 3 aromatic rings. The smallest absolute Gasteiger partial charge is 0.104 e. The van der Waals surface area contributed by atoms with E-state index in [0.717, 1.165) is 27.6 Å². The summed E-state index contributed by atoms with van der Waals surface area (Å²) in [5.41, 5.74) is 9.02. The minimum Gasteiger partial charge on any atom is -0.326 e. The van der Waals surface area contributed by atoms with Gasteiger partial charge in [0, 0.05) is 22.4 Å². The first-order valence-corrected chi connectivity index (χ1v) is 8.63. The highest BCUT2D eigenvalue weighted by atomic mass is 32.2. The zero-order valence-corrected chi connectivity index (χ0v) is 13.2. The maximum atomic E-state index is 5.69. The highest BCUT2D eigenvalue weighted by Crippen LogP contribution is 2.27. The van der Waals surface area contributed by atoms with Crippen LogP contribution < -0.4 is 5.73 Å². The summed E-state index contributed by atoms with van der Waals surface area (Å²) in [6, 6.07) is 18.7. The molecule has 4 heteroatoms. The molecule has 0 bridgehead atoms. The Bertz CT molecular complexity index is 708. The lowest BCUT2D eigenvalue weighted by atomic mass is 10.1. The number of nitrogens with two attached hydrogens (primary N) is 1. The normalized spacial score (nSPS) is 10.7. The minimum absolute atomic E-state index is 0.564. The first-order valence-electron chi connectivity index (χ1n) is 6.77. The summed E-state index contributed by atoms with van der Waals surface area (Å²) in [4.78, 5) is 6.01. The van der Waals surface area contributed by atoms with Gasteiger partial charge in [-0.2, -0.15) is 0 Å². The first kappa shape index (κ1) is 14.3. The van der Waals surface area contributed by atoms with Gasteiger partial charge in [-0.3, -0.25) is 0 Å². The number of thioether (sulfide) groups is 1. The summed E-state index contributed by atoms with van der Waals surface area (Å²) < 4.78 is 0. The molecular weight excluding hydrogens is 296 g/mol. The molecule has 2 aromatic carbocycles. The quantitative estimate of drug-likeness (QED) is 0.702. The Morgan fingerprint density at radius 3 is 2.71 bits per heavy atom. The summed E-state index contributed by atoms with van der Waals surface area (Å²) in [6.07, 6.45) is 0. The molecule has 0 aliphatic rings. The van der Waals surface area contributed by atoms with Gasteiger partial charge in [0.15, 0.2) is 0 Å². The van der Waals surface area contributed by atoms with Crippen molar-refractivity contribution in [2.75, 3.05) is 0 Å². The maximum Gasteiger partial charge on any atom is 0.104 e. The Kier molecular flexibility index (Phi) is 4.70. The fourth-order valence-electron chi connectivity index (χ4n) is 2.03. The largest absolute Gasteiger partial charge is 0.326 e. The summed E-state index contributed by atoms with van der Waals surface area (Å²) >= 11 is 3.53. The molecule has 2 N–H and O–H groups in total. The van der Waals surface area contributed by atoms with E-state index in [0.29, 0.717) is 6.54 Å². The zero-order chi connectivity index (χ0) is 14.5. The lowest BCUT2D eigenvalue weighted by Gasteiger charge is -2.00. The van der Waals surface area contributed by atoms with Crippen molar-refractivity contribution in [1.29, 1.82) is 0 Å². The van der Waals surface area contributed by atoms with E-state index < -0.39 is 0 Å². The van der Waals surface area contributed by atoms with Gasteiger partial charge in [0.1, 0.15) is 5.01 Å². The van der Waals surface area contributed by atoms with Gasteiger partial charge >= 0.3 is 0 Å². The topological polar surface area (TPSA) is 38.9 Å².